The van der Waals surface area contributed by atoms with E-state index in [1.807, 2.05) is 18.2 Å². The number of rotatable bonds is 2. The van der Waals surface area contributed by atoms with Gasteiger partial charge in [-0.1, -0.05) is 6.07 Å². The van der Waals surface area contributed by atoms with Crippen LogP contribution in [0.2, 0.25) is 0 Å². The molecule has 1 aromatic heterocycles. The second-order valence-electron chi connectivity index (χ2n) is 2.82. The van der Waals surface area contributed by atoms with Crippen LogP contribution in [0.4, 0.5) is 0 Å². The molecular formula is C10H12N2O. The van der Waals surface area contributed by atoms with Gasteiger partial charge in [0.2, 0.25) is 5.91 Å². The lowest BCUT2D eigenvalue weighted by Gasteiger charge is -2.04. The summed E-state index contributed by atoms with van der Waals surface area (Å²) < 4.78 is 0. The van der Waals surface area contributed by atoms with E-state index in [2.05, 4.69) is 4.98 Å². The van der Waals surface area contributed by atoms with Crippen LogP contribution in [-0.2, 0) is 4.79 Å². The number of pyridine rings is 1. The zero-order valence-corrected chi connectivity index (χ0v) is 7.77. The Bertz CT molecular complexity index is 304. The first-order valence-electron chi connectivity index (χ1n) is 4.00. The van der Waals surface area contributed by atoms with Crippen LogP contribution in [0.15, 0.2) is 30.5 Å². The van der Waals surface area contributed by atoms with Gasteiger partial charge in [-0.25, -0.2) is 0 Å². The van der Waals surface area contributed by atoms with E-state index in [0.717, 1.165) is 5.69 Å². The maximum Gasteiger partial charge on any atom is 0.246 e. The molecule has 0 bridgehead atoms. The Kier molecular flexibility index (Phi) is 3.20. The number of carbonyl (C=O) groups is 1. The highest BCUT2D eigenvalue weighted by Gasteiger charge is 1.96. The lowest BCUT2D eigenvalue weighted by atomic mass is 10.3. The van der Waals surface area contributed by atoms with Gasteiger partial charge in [-0.15, -0.1) is 0 Å². The van der Waals surface area contributed by atoms with E-state index < -0.39 is 0 Å². The highest BCUT2D eigenvalue weighted by molar-refractivity contribution is 5.91. The molecule has 1 heterocycles. The van der Waals surface area contributed by atoms with Crippen molar-refractivity contribution in [2.75, 3.05) is 14.1 Å². The van der Waals surface area contributed by atoms with Crippen molar-refractivity contribution in [1.29, 1.82) is 0 Å². The third-order valence-corrected chi connectivity index (χ3v) is 1.53. The summed E-state index contributed by atoms with van der Waals surface area (Å²) in [5.41, 5.74) is 0.790. The van der Waals surface area contributed by atoms with Gasteiger partial charge in [0, 0.05) is 26.4 Å². The molecule has 0 saturated carbocycles. The van der Waals surface area contributed by atoms with Crippen LogP contribution in [0.5, 0.6) is 0 Å². The van der Waals surface area contributed by atoms with E-state index in [9.17, 15) is 4.79 Å². The van der Waals surface area contributed by atoms with Gasteiger partial charge in [0.25, 0.3) is 0 Å². The first kappa shape index (κ1) is 9.45. The van der Waals surface area contributed by atoms with E-state index >= 15 is 0 Å². The predicted octanol–water partition coefficient (Wildman–Crippen LogP) is 1.18. The van der Waals surface area contributed by atoms with E-state index in [1.165, 1.54) is 11.0 Å². The molecule has 0 N–H and O–H groups in total. The topological polar surface area (TPSA) is 33.2 Å². The van der Waals surface area contributed by atoms with Gasteiger partial charge in [0.15, 0.2) is 0 Å². The summed E-state index contributed by atoms with van der Waals surface area (Å²) in [7, 11) is 3.43. The van der Waals surface area contributed by atoms with Crippen molar-refractivity contribution in [3.8, 4) is 0 Å². The standard InChI is InChI=1S/C10H12N2O/c1-12(2)10(13)7-6-9-5-3-4-8-11-9/h3-8H,1-2H3/b7-6+. The molecule has 0 aliphatic rings. The van der Waals surface area contributed by atoms with Gasteiger partial charge in [0.1, 0.15) is 0 Å². The first-order chi connectivity index (χ1) is 6.20. The van der Waals surface area contributed by atoms with E-state index in [1.54, 1.807) is 26.4 Å². The maximum absolute atomic E-state index is 11.1. The molecule has 0 fully saturated rings. The molecule has 0 spiro atoms. The molecule has 1 rings (SSSR count). The number of nitrogens with zero attached hydrogens (tertiary/aromatic N) is 2. The molecule has 3 heteroatoms. The lowest BCUT2D eigenvalue weighted by Crippen LogP contribution is -2.18. The fourth-order valence-corrected chi connectivity index (χ4v) is 0.780. The Morgan fingerprint density at radius 1 is 1.46 bits per heavy atom. The van der Waals surface area contributed by atoms with E-state index in [-0.39, 0.29) is 5.91 Å². The lowest BCUT2D eigenvalue weighted by molar-refractivity contribution is -0.123. The normalized spacial score (nSPS) is 10.3. The molecule has 0 atom stereocenters. The van der Waals surface area contributed by atoms with Crippen molar-refractivity contribution in [3.05, 3.63) is 36.2 Å². The first-order valence-corrected chi connectivity index (χ1v) is 4.00. The average molecular weight is 176 g/mol. The second-order valence-corrected chi connectivity index (χ2v) is 2.82. The largest absolute Gasteiger partial charge is 0.345 e. The third-order valence-electron chi connectivity index (χ3n) is 1.53. The molecule has 0 aliphatic heterocycles. The second kappa shape index (κ2) is 4.40. The molecule has 3 nitrogen and oxygen atoms in total. The third kappa shape index (κ3) is 3.07. The van der Waals surface area contributed by atoms with Crippen LogP contribution in [0.3, 0.4) is 0 Å². The van der Waals surface area contributed by atoms with Crippen LogP contribution in [0, 0.1) is 0 Å². The van der Waals surface area contributed by atoms with Gasteiger partial charge in [-0.3, -0.25) is 9.78 Å². The number of carbonyl (C=O) groups excluding carboxylic acids is 1. The Hall–Kier alpha value is -1.64. The van der Waals surface area contributed by atoms with Crippen molar-refractivity contribution in [3.63, 3.8) is 0 Å². The zero-order valence-electron chi connectivity index (χ0n) is 7.77. The van der Waals surface area contributed by atoms with Gasteiger partial charge in [-0.05, 0) is 18.2 Å². The zero-order chi connectivity index (χ0) is 9.68. The van der Waals surface area contributed by atoms with Crippen LogP contribution in [-0.4, -0.2) is 29.9 Å². The van der Waals surface area contributed by atoms with Crippen molar-refractivity contribution in [2.24, 2.45) is 0 Å². The Labute approximate surface area is 77.7 Å². The van der Waals surface area contributed by atoms with Gasteiger partial charge in [0.05, 0.1) is 5.69 Å². The summed E-state index contributed by atoms with van der Waals surface area (Å²) >= 11 is 0. The summed E-state index contributed by atoms with van der Waals surface area (Å²) in [6.45, 7) is 0. The fraction of sp³-hybridized carbons (Fsp3) is 0.200. The van der Waals surface area contributed by atoms with Gasteiger partial charge >= 0.3 is 0 Å². The van der Waals surface area contributed by atoms with Gasteiger partial charge in [-0.2, -0.15) is 0 Å². The molecule has 0 aromatic carbocycles. The number of hydrogen-bond donors (Lipinski definition) is 0. The minimum Gasteiger partial charge on any atom is -0.345 e. The summed E-state index contributed by atoms with van der Waals surface area (Å²) in [4.78, 5) is 16.7. The van der Waals surface area contributed by atoms with Crippen LogP contribution in [0.1, 0.15) is 5.69 Å². The molecule has 68 valence electrons. The smallest absolute Gasteiger partial charge is 0.246 e. The Balaban J connectivity index is 2.64. The molecule has 1 amide bonds. The minimum atomic E-state index is -0.0364. The predicted molar refractivity (Wildman–Crippen MR) is 52.0 cm³/mol. The molecule has 1 aromatic rings. The van der Waals surface area contributed by atoms with Crippen LogP contribution in [0.25, 0.3) is 6.08 Å². The van der Waals surface area contributed by atoms with Crippen LogP contribution >= 0.6 is 0 Å². The summed E-state index contributed by atoms with van der Waals surface area (Å²) in [6, 6.07) is 5.57. The molecule has 0 aliphatic carbocycles. The van der Waals surface area contributed by atoms with Crippen LogP contribution < -0.4 is 0 Å². The average Bonchev–Trinajstić information content (AvgIpc) is 2.15. The summed E-state index contributed by atoms with van der Waals surface area (Å²) in [6.07, 6.45) is 4.89. The molecule has 0 saturated heterocycles. The SMILES string of the molecule is CN(C)C(=O)/C=C/c1ccccn1. The highest BCUT2D eigenvalue weighted by atomic mass is 16.2. The van der Waals surface area contributed by atoms with Crippen molar-refractivity contribution < 1.29 is 4.79 Å². The number of aromatic nitrogens is 1. The monoisotopic (exact) mass is 176 g/mol. The number of amides is 1. The molecule has 0 unspecified atom stereocenters. The van der Waals surface area contributed by atoms with E-state index in [4.69, 9.17) is 0 Å². The molecule has 13 heavy (non-hydrogen) atoms. The molecular weight excluding hydrogens is 164 g/mol. The number of hydrogen-bond acceptors (Lipinski definition) is 2. The highest BCUT2D eigenvalue weighted by Crippen LogP contribution is 1.96. The Morgan fingerprint density at radius 2 is 2.23 bits per heavy atom. The molecule has 0 radical (unpaired) electrons. The van der Waals surface area contributed by atoms with E-state index in [0.29, 0.717) is 0 Å². The minimum absolute atomic E-state index is 0.0364. The Morgan fingerprint density at radius 3 is 2.77 bits per heavy atom. The number of likely N-dealkylation sites (N-methyl/N-ethyl adjacent to an activating group) is 1. The maximum atomic E-state index is 11.1. The fourth-order valence-electron chi connectivity index (χ4n) is 0.780. The summed E-state index contributed by atoms with van der Waals surface area (Å²) in [5.74, 6) is -0.0364. The van der Waals surface area contributed by atoms with Crippen molar-refractivity contribution >= 4 is 12.0 Å². The van der Waals surface area contributed by atoms with Gasteiger partial charge < -0.3 is 4.90 Å². The van der Waals surface area contributed by atoms with Crippen molar-refractivity contribution in [2.45, 2.75) is 0 Å². The summed E-state index contributed by atoms with van der Waals surface area (Å²) in [5, 5.41) is 0. The quantitative estimate of drug-likeness (QED) is 0.634. The van der Waals surface area contributed by atoms with Crippen molar-refractivity contribution in [1.82, 2.24) is 9.88 Å².